The highest BCUT2D eigenvalue weighted by Gasteiger charge is 2.41. The lowest BCUT2D eigenvalue weighted by molar-refractivity contribution is -0.140. The number of hydrogen-bond donors (Lipinski definition) is 2. The molecule has 0 aliphatic carbocycles. The number of allylic oxidation sites excluding steroid dienone is 3. The van der Waals surface area contributed by atoms with Gasteiger partial charge in [0, 0.05) is 39.1 Å². The number of amides is 3. The monoisotopic (exact) mass is 535 g/mol. The molecular formula is C29H41N7O3. The quantitative estimate of drug-likeness (QED) is 0.450. The van der Waals surface area contributed by atoms with Crippen molar-refractivity contribution >= 4 is 28.8 Å². The van der Waals surface area contributed by atoms with Gasteiger partial charge in [0.1, 0.15) is 11.6 Å². The minimum absolute atomic E-state index is 0.0422. The van der Waals surface area contributed by atoms with E-state index in [9.17, 15) is 14.4 Å². The second-order valence-corrected chi connectivity index (χ2v) is 10.9. The molecule has 0 radical (unpaired) electrons. The van der Waals surface area contributed by atoms with Crippen LogP contribution in [0.2, 0.25) is 0 Å². The lowest BCUT2D eigenvalue weighted by Gasteiger charge is -2.27. The Morgan fingerprint density at radius 2 is 2.08 bits per heavy atom. The standard InChI is InChI=1S/C29H41N7O3/c1-5-20(6-2)14-22-16-26(28(38)31-17-21-9-11-25-24(15-21)32-33-34(25)4)36(18-22)29(39)23(30)10-12-27(37)35-13-7-8-19(35)3/h5-6,9,11,15,19,22-23,26H,1,7-8,10,12-14,16-18,30H2,2-4H3,(H,31,38)/b20-6+/t19?,22-,23-,26+/m1/s1. The van der Waals surface area contributed by atoms with Crippen LogP contribution in [0.25, 0.3) is 11.0 Å². The van der Waals surface area contributed by atoms with Gasteiger partial charge in [-0.3, -0.25) is 14.4 Å². The zero-order chi connectivity index (χ0) is 28.1. The molecule has 1 aromatic heterocycles. The van der Waals surface area contributed by atoms with Gasteiger partial charge in [0.25, 0.3) is 0 Å². The predicted octanol–water partition coefficient (Wildman–Crippen LogP) is 2.44. The normalized spacial score (nSPS) is 22.4. The lowest BCUT2D eigenvalue weighted by atomic mass is 9.96. The van der Waals surface area contributed by atoms with E-state index in [0.717, 1.165) is 48.0 Å². The predicted molar refractivity (Wildman–Crippen MR) is 150 cm³/mol. The van der Waals surface area contributed by atoms with Gasteiger partial charge < -0.3 is 20.9 Å². The number of likely N-dealkylation sites (tertiary alicyclic amines) is 2. The molecule has 0 bridgehead atoms. The lowest BCUT2D eigenvalue weighted by Crippen LogP contribution is -2.51. The summed E-state index contributed by atoms with van der Waals surface area (Å²) < 4.78 is 1.70. The molecular weight excluding hydrogens is 494 g/mol. The average molecular weight is 536 g/mol. The number of aromatic nitrogens is 3. The molecule has 4 rings (SSSR count). The maximum absolute atomic E-state index is 13.5. The van der Waals surface area contributed by atoms with Crippen LogP contribution in [0, 0.1) is 5.92 Å². The molecule has 1 aromatic carbocycles. The Hall–Kier alpha value is -3.53. The van der Waals surface area contributed by atoms with Crippen molar-refractivity contribution in [1.29, 1.82) is 0 Å². The first-order chi connectivity index (χ1) is 18.7. The van der Waals surface area contributed by atoms with Gasteiger partial charge in [-0.15, -0.1) is 5.10 Å². The molecule has 1 unspecified atom stereocenters. The Balaban J connectivity index is 1.41. The molecule has 3 heterocycles. The first kappa shape index (κ1) is 28.5. The number of carbonyl (C=O) groups is 3. The number of nitrogens with two attached hydrogens (primary N) is 1. The van der Waals surface area contributed by atoms with Crippen LogP contribution in [0.1, 0.15) is 57.9 Å². The zero-order valence-electron chi connectivity index (χ0n) is 23.3. The highest BCUT2D eigenvalue weighted by Crippen LogP contribution is 2.30. The van der Waals surface area contributed by atoms with Crippen molar-refractivity contribution in [2.24, 2.45) is 18.7 Å². The maximum Gasteiger partial charge on any atom is 0.243 e. The van der Waals surface area contributed by atoms with Gasteiger partial charge in [0.2, 0.25) is 17.7 Å². The van der Waals surface area contributed by atoms with E-state index >= 15 is 0 Å². The van der Waals surface area contributed by atoms with Gasteiger partial charge in [-0.2, -0.15) is 0 Å². The molecule has 3 N–H and O–H groups in total. The largest absolute Gasteiger partial charge is 0.350 e. The number of rotatable bonds is 10. The fraction of sp³-hybridized carbons (Fsp3) is 0.552. The van der Waals surface area contributed by atoms with E-state index in [1.807, 2.05) is 49.2 Å². The molecule has 4 atom stereocenters. The highest BCUT2D eigenvalue weighted by atomic mass is 16.2. The number of aryl methyl sites for hydroxylation is 1. The third-order valence-corrected chi connectivity index (χ3v) is 8.13. The summed E-state index contributed by atoms with van der Waals surface area (Å²) in [6.07, 6.45) is 7.62. The van der Waals surface area contributed by atoms with Gasteiger partial charge in [-0.05, 0) is 69.6 Å². The fourth-order valence-corrected chi connectivity index (χ4v) is 5.78. The fourth-order valence-electron chi connectivity index (χ4n) is 5.78. The van der Waals surface area contributed by atoms with Gasteiger partial charge in [-0.1, -0.05) is 35.6 Å². The van der Waals surface area contributed by atoms with Crippen LogP contribution < -0.4 is 11.1 Å². The molecule has 2 aliphatic rings. The molecule has 210 valence electrons. The summed E-state index contributed by atoms with van der Waals surface area (Å²) in [5, 5.41) is 11.2. The summed E-state index contributed by atoms with van der Waals surface area (Å²) in [6.45, 7) is 9.41. The number of nitrogens with one attached hydrogen (secondary N) is 1. The number of benzene rings is 1. The Morgan fingerprint density at radius 3 is 2.77 bits per heavy atom. The third-order valence-electron chi connectivity index (χ3n) is 8.13. The van der Waals surface area contributed by atoms with E-state index in [2.05, 4.69) is 29.1 Å². The van der Waals surface area contributed by atoms with Crippen molar-refractivity contribution in [3.05, 3.63) is 48.1 Å². The summed E-state index contributed by atoms with van der Waals surface area (Å²) in [5.74, 6) is -0.328. The summed E-state index contributed by atoms with van der Waals surface area (Å²) in [4.78, 5) is 43.1. The van der Waals surface area contributed by atoms with Crippen molar-refractivity contribution in [3.63, 3.8) is 0 Å². The minimum Gasteiger partial charge on any atom is -0.350 e. The molecule has 2 aromatic rings. The molecule has 10 nitrogen and oxygen atoms in total. The Labute approximate surface area is 230 Å². The van der Waals surface area contributed by atoms with E-state index in [1.165, 1.54) is 0 Å². The van der Waals surface area contributed by atoms with Crippen LogP contribution >= 0.6 is 0 Å². The number of fused-ring (bicyclic) bond motifs is 1. The molecule has 2 aliphatic heterocycles. The van der Waals surface area contributed by atoms with Crippen molar-refractivity contribution in [3.8, 4) is 0 Å². The molecule has 0 saturated carbocycles. The van der Waals surface area contributed by atoms with Crippen LogP contribution in [0.15, 0.2) is 42.5 Å². The van der Waals surface area contributed by atoms with E-state index < -0.39 is 12.1 Å². The number of nitrogens with zero attached hydrogens (tertiary/aromatic N) is 5. The van der Waals surface area contributed by atoms with E-state index in [0.29, 0.717) is 19.5 Å². The van der Waals surface area contributed by atoms with Gasteiger partial charge in [0.05, 0.1) is 11.6 Å². The van der Waals surface area contributed by atoms with Crippen LogP contribution in [0.4, 0.5) is 0 Å². The SMILES string of the molecule is C=C/C(=C\C)C[C@@H]1C[C@@H](C(=O)NCc2ccc3c(c2)nnn3C)N(C(=O)[C@H](N)CCC(=O)N2CCCC2C)C1. The van der Waals surface area contributed by atoms with Crippen molar-refractivity contribution in [2.45, 2.75) is 77.0 Å². The van der Waals surface area contributed by atoms with E-state index in [4.69, 9.17) is 5.73 Å². The van der Waals surface area contributed by atoms with Crippen LogP contribution in [-0.2, 0) is 28.0 Å². The molecule has 39 heavy (non-hydrogen) atoms. The average Bonchev–Trinajstić information content (AvgIpc) is 3.66. The topological polar surface area (TPSA) is 126 Å². The number of carbonyl (C=O) groups excluding carboxylic acids is 3. The highest BCUT2D eigenvalue weighted by molar-refractivity contribution is 5.91. The molecule has 2 fully saturated rings. The summed E-state index contributed by atoms with van der Waals surface area (Å²) in [5.41, 5.74) is 9.98. The van der Waals surface area contributed by atoms with Gasteiger partial charge in [-0.25, -0.2) is 4.68 Å². The Bertz CT molecular complexity index is 1250. The van der Waals surface area contributed by atoms with Crippen molar-refractivity contribution < 1.29 is 14.4 Å². The smallest absolute Gasteiger partial charge is 0.243 e. The summed E-state index contributed by atoms with van der Waals surface area (Å²) in [6, 6.07) is 4.54. The Kier molecular flexibility index (Phi) is 9.16. The maximum atomic E-state index is 13.5. The van der Waals surface area contributed by atoms with E-state index in [1.54, 1.807) is 9.58 Å². The molecule has 3 amide bonds. The van der Waals surface area contributed by atoms with Crippen LogP contribution in [0.5, 0.6) is 0 Å². The molecule has 10 heteroatoms. The van der Waals surface area contributed by atoms with Gasteiger partial charge >= 0.3 is 0 Å². The first-order valence-electron chi connectivity index (χ1n) is 13.9. The van der Waals surface area contributed by atoms with Gasteiger partial charge in [0.15, 0.2) is 0 Å². The second-order valence-electron chi connectivity index (χ2n) is 10.9. The second kappa shape index (κ2) is 12.5. The summed E-state index contributed by atoms with van der Waals surface area (Å²) >= 11 is 0. The Morgan fingerprint density at radius 1 is 1.28 bits per heavy atom. The molecule has 2 saturated heterocycles. The van der Waals surface area contributed by atoms with Crippen molar-refractivity contribution in [1.82, 2.24) is 30.1 Å². The third kappa shape index (κ3) is 6.55. The number of hydrogen-bond acceptors (Lipinski definition) is 6. The van der Waals surface area contributed by atoms with Crippen LogP contribution in [0.3, 0.4) is 0 Å². The zero-order valence-corrected chi connectivity index (χ0v) is 23.3. The van der Waals surface area contributed by atoms with Crippen LogP contribution in [-0.4, -0.2) is 73.7 Å². The van der Waals surface area contributed by atoms with E-state index in [-0.39, 0.29) is 42.5 Å². The molecule has 0 spiro atoms. The van der Waals surface area contributed by atoms with Crippen molar-refractivity contribution in [2.75, 3.05) is 13.1 Å². The summed E-state index contributed by atoms with van der Waals surface area (Å²) in [7, 11) is 1.83. The first-order valence-corrected chi connectivity index (χ1v) is 13.9. The minimum atomic E-state index is -0.833.